The zero-order valence-corrected chi connectivity index (χ0v) is 5.42. The minimum Gasteiger partial charge on any atom is -0.368 e. The van der Waals surface area contributed by atoms with Crippen LogP contribution in [0.4, 0.5) is 0 Å². The fourth-order valence-corrected chi connectivity index (χ4v) is 0.325. The normalized spacial score (nSPS) is 13.9. The summed E-state index contributed by atoms with van der Waals surface area (Å²) in [7, 11) is 0. The van der Waals surface area contributed by atoms with Crippen LogP contribution in [-0.4, -0.2) is 11.4 Å². The third-order valence-corrected chi connectivity index (χ3v) is 0.700. The molecule has 1 N–H and O–H groups in total. The first-order valence-electron chi connectivity index (χ1n) is 2.92. The Morgan fingerprint density at radius 1 is 1.75 bits per heavy atom. The van der Waals surface area contributed by atoms with Crippen molar-refractivity contribution < 1.29 is 9.84 Å². The van der Waals surface area contributed by atoms with E-state index in [-0.39, 0.29) is 0 Å². The molecule has 0 aromatic rings. The predicted molar refractivity (Wildman–Crippen MR) is 32.0 cm³/mol. The van der Waals surface area contributed by atoms with Crippen molar-refractivity contribution in [1.29, 1.82) is 0 Å². The molecule has 2 nitrogen and oxygen atoms in total. The molecule has 0 spiro atoms. The summed E-state index contributed by atoms with van der Waals surface area (Å²) in [5.41, 5.74) is 0. The van der Waals surface area contributed by atoms with Gasteiger partial charge in [-0.2, -0.15) is 0 Å². The van der Waals surface area contributed by atoms with Crippen LogP contribution in [0.3, 0.4) is 0 Å². The van der Waals surface area contributed by atoms with Crippen LogP contribution in [0, 0.1) is 6.61 Å². The average Bonchev–Trinajstić information content (AvgIpc) is 1.66. The number of hydrogen-bond acceptors (Lipinski definition) is 2. The summed E-state index contributed by atoms with van der Waals surface area (Å²) in [6.07, 6.45) is 1.32. The van der Waals surface area contributed by atoms with Gasteiger partial charge in [0.05, 0.1) is 6.61 Å². The first kappa shape index (κ1) is 7.92. The van der Waals surface area contributed by atoms with Crippen molar-refractivity contribution in [2.75, 3.05) is 0 Å². The zero-order valence-electron chi connectivity index (χ0n) is 5.42. The molecule has 0 rings (SSSR count). The maximum absolute atomic E-state index is 8.53. The molecule has 0 fully saturated rings. The number of unbranched alkanes of at least 4 members (excludes halogenated alkanes) is 1. The molecule has 0 aromatic heterocycles. The molecule has 0 aliphatic heterocycles. The minimum absolute atomic E-state index is 0.651. The van der Waals surface area contributed by atoms with Gasteiger partial charge in [-0.05, 0) is 13.3 Å². The monoisotopic (exact) mass is 117 g/mol. The molecule has 0 aliphatic carbocycles. The lowest BCUT2D eigenvalue weighted by Gasteiger charge is -2.02. The van der Waals surface area contributed by atoms with Gasteiger partial charge in [-0.1, -0.05) is 13.3 Å². The fourth-order valence-electron chi connectivity index (χ4n) is 0.325. The van der Waals surface area contributed by atoms with Gasteiger partial charge in [-0.3, -0.25) is 0 Å². The number of aliphatic hydroxyl groups excluding tert-OH is 1. The highest BCUT2D eigenvalue weighted by molar-refractivity contribution is 4.47. The van der Waals surface area contributed by atoms with E-state index >= 15 is 0 Å². The highest BCUT2D eigenvalue weighted by Gasteiger charge is 1.91. The van der Waals surface area contributed by atoms with E-state index in [9.17, 15) is 0 Å². The van der Waals surface area contributed by atoms with E-state index in [1.165, 1.54) is 0 Å². The number of rotatable bonds is 4. The molecule has 1 radical (unpaired) electrons. The molecule has 49 valence electrons. The summed E-state index contributed by atoms with van der Waals surface area (Å²) >= 11 is 0. The summed E-state index contributed by atoms with van der Waals surface area (Å²) in [5.74, 6) is 0. The van der Waals surface area contributed by atoms with Crippen molar-refractivity contribution in [2.24, 2.45) is 0 Å². The van der Waals surface area contributed by atoms with E-state index in [1.807, 2.05) is 0 Å². The van der Waals surface area contributed by atoms with Gasteiger partial charge in [0.15, 0.2) is 6.29 Å². The van der Waals surface area contributed by atoms with Crippen molar-refractivity contribution in [1.82, 2.24) is 0 Å². The van der Waals surface area contributed by atoms with Crippen LogP contribution in [0.15, 0.2) is 0 Å². The zero-order chi connectivity index (χ0) is 6.41. The third-order valence-electron chi connectivity index (χ3n) is 0.700. The summed E-state index contributed by atoms with van der Waals surface area (Å²) in [6, 6.07) is 0. The quantitative estimate of drug-likeness (QED) is 0.444. The Hall–Kier alpha value is -0.0800. The minimum atomic E-state index is -0.651. The first-order chi connectivity index (χ1) is 3.77. The van der Waals surface area contributed by atoms with Gasteiger partial charge in [-0.25, -0.2) is 0 Å². The molecule has 0 aromatic carbocycles. The number of hydrogen-bond donors (Lipinski definition) is 1. The topological polar surface area (TPSA) is 29.5 Å². The fraction of sp³-hybridized carbons (Fsp3) is 0.833. The molecule has 1 atom stereocenters. The predicted octanol–water partition coefficient (Wildman–Crippen LogP) is 1.30. The Morgan fingerprint density at radius 2 is 2.38 bits per heavy atom. The largest absolute Gasteiger partial charge is 0.368 e. The molecule has 0 bridgehead atoms. The Labute approximate surface area is 50.5 Å². The molecule has 0 saturated carbocycles. The maximum atomic E-state index is 8.53. The van der Waals surface area contributed by atoms with E-state index in [4.69, 9.17) is 9.84 Å². The molecule has 0 aliphatic rings. The number of ether oxygens (including phenoxy) is 1. The molecule has 0 heterocycles. The first-order valence-corrected chi connectivity index (χ1v) is 2.92. The van der Waals surface area contributed by atoms with Crippen molar-refractivity contribution in [3.8, 4) is 0 Å². The average molecular weight is 117 g/mol. The van der Waals surface area contributed by atoms with E-state index in [1.54, 1.807) is 13.5 Å². The standard InChI is InChI=1S/C6H13O2/c1-3-4-5-8-6(2)7/h5-7H,3-4H2,1-2H3. The Morgan fingerprint density at radius 3 is 2.75 bits per heavy atom. The summed E-state index contributed by atoms with van der Waals surface area (Å²) in [4.78, 5) is 0. The number of aliphatic hydroxyl groups is 1. The van der Waals surface area contributed by atoms with Gasteiger partial charge in [0, 0.05) is 0 Å². The van der Waals surface area contributed by atoms with E-state index in [0.29, 0.717) is 0 Å². The van der Waals surface area contributed by atoms with Crippen LogP contribution in [0.5, 0.6) is 0 Å². The SMILES string of the molecule is CCC[CH]OC(C)O. The molecule has 1 unspecified atom stereocenters. The summed E-state index contributed by atoms with van der Waals surface area (Å²) < 4.78 is 4.71. The van der Waals surface area contributed by atoms with Crippen LogP contribution < -0.4 is 0 Å². The van der Waals surface area contributed by atoms with Gasteiger partial charge < -0.3 is 9.84 Å². The van der Waals surface area contributed by atoms with Crippen molar-refractivity contribution in [3.05, 3.63) is 6.61 Å². The lowest BCUT2D eigenvalue weighted by Crippen LogP contribution is -2.02. The van der Waals surface area contributed by atoms with E-state index in [2.05, 4.69) is 6.92 Å². The second-order valence-corrected chi connectivity index (χ2v) is 1.69. The molecule has 2 heteroatoms. The van der Waals surface area contributed by atoms with Crippen molar-refractivity contribution in [2.45, 2.75) is 33.0 Å². The lowest BCUT2D eigenvalue weighted by molar-refractivity contribution is -0.0575. The van der Waals surface area contributed by atoms with E-state index < -0.39 is 6.29 Å². The van der Waals surface area contributed by atoms with Crippen LogP contribution in [-0.2, 0) is 4.74 Å². The third kappa shape index (κ3) is 5.92. The summed E-state index contributed by atoms with van der Waals surface area (Å²) in [6.45, 7) is 5.28. The second-order valence-electron chi connectivity index (χ2n) is 1.69. The molecule has 0 amide bonds. The summed E-state index contributed by atoms with van der Waals surface area (Å²) in [5, 5.41) is 8.53. The van der Waals surface area contributed by atoms with Crippen molar-refractivity contribution >= 4 is 0 Å². The van der Waals surface area contributed by atoms with Gasteiger partial charge in [0.25, 0.3) is 0 Å². The molecule has 8 heavy (non-hydrogen) atoms. The van der Waals surface area contributed by atoms with Crippen LogP contribution in [0.1, 0.15) is 26.7 Å². The Kier molecular flexibility index (Phi) is 5.01. The molecule has 0 saturated heterocycles. The van der Waals surface area contributed by atoms with Crippen LogP contribution in [0.25, 0.3) is 0 Å². The highest BCUT2D eigenvalue weighted by Crippen LogP contribution is 1.95. The maximum Gasteiger partial charge on any atom is 0.152 e. The lowest BCUT2D eigenvalue weighted by atomic mass is 10.4. The van der Waals surface area contributed by atoms with Crippen LogP contribution >= 0.6 is 0 Å². The highest BCUT2D eigenvalue weighted by atomic mass is 16.6. The van der Waals surface area contributed by atoms with Crippen molar-refractivity contribution in [3.63, 3.8) is 0 Å². The van der Waals surface area contributed by atoms with E-state index in [0.717, 1.165) is 12.8 Å². The molecular formula is C6H13O2. The Balaban J connectivity index is 2.72. The molecular weight excluding hydrogens is 104 g/mol. The second kappa shape index (κ2) is 5.06. The van der Waals surface area contributed by atoms with Gasteiger partial charge in [0.1, 0.15) is 0 Å². The van der Waals surface area contributed by atoms with Gasteiger partial charge >= 0.3 is 0 Å². The van der Waals surface area contributed by atoms with Crippen LogP contribution in [0.2, 0.25) is 0 Å². The van der Waals surface area contributed by atoms with Gasteiger partial charge in [0.2, 0.25) is 0 Å². The smallest absolute Gasteiger partial charge is 0.152 e. The Bertz CT molecular complexity index is 43.8. The van der Waals surface area contributed by atoms with Gasteiger partial charge in [-0.15, -0.1) is 0 Å².